The lowest BCUT2D eigenvalue weighted by Crippen LogP contribution is -2.05. The molecule has 12 heavy (non-hydrogen) atoms. The van der Waals surface area contributed by atoms with E-state index in [4.69, 9.17) is 0 Å². The first-order valence-corrected chi connectivity index (χ1v) is 4.65. The van der Waals surface area contributed by atoms with Gasteiger partial charge in [0.25, 0.3) is 0 Å². The maximum Gasteiger partial charge on any atom is 0.146 e. The summed E-state index contributed by atoms with van der Waals surface area (Å²) in [5, 5.41) is 0. The molecule has 1 saturated carbocycles. The Morgan fingerprint density at radius 1 is 1.58 bits per heavy atom. The SMILES string of the molecule is CC1=CC2CCCC2=C(C=O)C1. The average molecular weight is 162 g/mol. The lowest BCUT2D eigenvalue weighted by atomic mass is 9.87. The second-order valence-corrected chi connectivity index (χ2v) is 3.86. The number of carbonyl (C=O) groups excluding carboxylic acids is 1. The van der Waals surface area contributed by atoms with Crippen LogP contribution in [-0.2, 0) is 4.79 Å². The largest absolute Gasteiger partial charge is 0.298 e. The molecule has 0 bridgehead atoms. The minimum absolute atomic E-state index is 0.610. The smallest absolute Gasteiger partial charge is 0.146 e. The van der Waals surface area contributed by atoms with Crippen LogP contribution < -0.4 is 0 Å². The van der Waals surface area contributed by atoms with Crippen LogP contribution in [0.25, 0.3) is 0 Å². The van der Waals surface area contributed by atoms with Gasteiger partial charge in [0.15, 0.2) is 0 Å². The summed E-state index contributed by atoms with van der Waals surface area (Å²) < 4.78 is 0. The van der Waals surface area contributed by atoms with Crippen molar-refractivity contribution >= 4 is 6.29 Å². The van der Waals surface area contributed by atoms with Crippen molar-refractivity contribution in [3.63, 3.8) is 0 Å². The Balaban J connectivity index is 2.35. The molecule has 0 N–H and O–H groups in total. The highest BCUT2D eigenvalue weighted by Gasteiger charge is 2.25. The molecule has 0 spiro atoms. The molecule has 1 unspecified atom stereocenters. The van der Waals surface area contributed by atoms with Gasteiger partial charge in [-0.3, -0.25) is 4.79 Å². The van der Waals surface area contributed by atoms with Gasteiger partial charge in [-0.1, -0.05) is 17.2 Å². The van der Waals surface area contributed by atoms with E-state index < -0.39 is 0 Å². The summed E-state index contributed by atoms with van der Waals surface area (Å²) >= 11 is 0. The van der Waals surface area contributed by atoms with Gasteiger partial charge in [0.1, 0.15) is 6.29 Å². The summed E-state index contributed by atoms with van der Waals surface area (Å²) in [6.45, 7) is 2.12. The van der Waals surface area contributed by atoms with Crippen LogP contribution in [0, 0.1) is 5.92 Å². The van der Waals surface area contributed by atoms with Crippen molar-refractivity contribution in [1.82, 2.24) is 0 Å². The first-order chi connectivity index (χ1) is 5.81. The molecule has 0 saturated heterocycles. The monoisotopic (exact) mass is 162 g/mol. The Kier molecular flexibility index (Phi) is 1.87. The Morgan fingerprint density at radius 2 is 2.42 bits per heavy atom. The molecule has 0 radical (unpaired) electrons. The molecule has 0 amide bonds. The van der Waals surface area contributed by atoms with Gasteiger partial charge >= 0.3 is 0 Å². The molecule has 0 heterocycles. The number of hydrogen-bond donors (Lipinski definition) is 0. The van der Waals surface area contributed by atoms with E-state index in [2.05, 4.69) is 13.0 Å². The van der Waals surface area contributed by atoms with E-state index in [0.717, 1.165) is 24.7 Å². The van der Waals surface area contributed by atoms with Crippen LogP contribution in [0.3, 0.4) is 0 Å². The van der Waals surface area contributed by atoms with Gasteiger partial charge in [-0.25, -0.2) is 0 Å². The lowest BCUT2D eigenvalue weighted by molar-refractivity contribution is -0.105. The van der Waals surface area contributed by atoms with Crippen LogP contribution in [0.5, 0.6) is 0 Å². The molecule has 1 heteroatoms. The van der Waals surface area contributed by atoms with Crippen molar-refractivity contribution in [2.75, 3.05) is 0 Å². The molecule has 2 rings (SSSR count). The Labute approximate surface area is 73.2 Å². The zero-order valence-corrected chi connectivity index (χ0v) is 7.47. The molecular weight excluding hydrogens is 148 g/mol. The number of allylic oxidation sites excluding steroid dienone is 4. The van der Waals surface area contributed by atoms with Crippen molar-refractivity contribution in [1.29, 1.82) is 0 Å². The highest BCUT2D eigenvalue weighted by Crippen LogP contribution is 2.39. The fraction of sp³-hybridized carbons (Fsp3) is 0.545. The average Bonchev–Trinajstić information content (AvgIpc) is 2.50. The van der Waals surface area contributed by atoms with Gasteiger partial charge < -0.3 is 0 Å². The Bertz CT molecular complexity index is 271. The van der Waals surface area contributed by atoms with Crippen molar-refractivity contribution in [2.24, 2.45) is 5.92 Å². The molecular formula is C11H14O. The zero-order chi connectivity index (χ0) is 8.55. The van der Waals surface area contributed by atoms with Crippen molar-refractivity contribution < 1.29 is 4.79 Å². The van der Waals surface area contributed by atoms with Crippen LogP contribution in [0.15, 0.2) is 22.8 Å². The van der Waals surface area contributed by atoms with Gasteiger partial charge in [0, 0.05) is 0 Å². The van der Waals surface area contributed by atoms with Crippen LogP contribution in [0.2, 0.25) is 0 Å². The minimum Gasteiger partial charge on any atom is -0.298 e. The van der Waals surface area contributed by atoms with Crippen LogP contribution in [0.1, 0.15) is 32.6 Å². The fourth-order valence-electron chi connectivity index (χ4n) is 2.39. The highest BCUT2D eigenvalue weighted by molar-refractivity contribution is 5.76. The molecule has 0 aliphatic heterocycles. The summed E-state index contributed by atoms with van der Waals surface area (Å²) in [5.41, 5.74) is 3.86. The molecule has 1 nitrogen and oxygen atoms in total. The number of aldehydes is 1. The first kappa shape index (κ1) is 7.78. The fourth-order valence-corrected chi connectivity index (χ4v) is 2.39. The predicted molar refractivity (Wildman–Crippen MR) is 48.8 cm³/mol. The normalized spacial score (nSPS) is 28.4. The van der Waals surface area contributed by atoms with E-state index in [-0.39, 0.29) is 0 Å². The highest BCUT2D eigenvalue weighted by atomic mass is 16.1. The van der Waals surface area contributed by atoms with Crippen LogP contribution >= 0.6 is 0 Å². The quantitative estimate of drug-likeness (QED) is 0.428. The topological polar surface area (TPSA) is 17.1 Å². The standard InChI is InChI=1S/C11H14O/c1-8-5-9-3-2-4-11(9)10(6-8)7-12/h5,7,9H,2-4,6H2,1H3. The first-order valence-electron chi connectivity index (χ1n) is 4.65. The van der Waals surface area contributed by atoms with E-state index in [9.17, 15) is 4.79 Å². The van der Waals surface area contributed by atoms with Crippen LogP contribution in [-0.4, -0.2) is 6.29 Å². The molecule has 2 aliphatic carbocycles. The van der Waals surface area contributed by atoms with Gasteiger partial charge in [-0.2, -0.15) is 0 Å². The van der Waals surface area contributed by atoms with Gasteiger partial charge in [0.2, 0.25) is 0 Å². The summed E-state index contributed by atoms with van der Waals surface area (Å²) in [4.78, 5) is 10.8. The Morgan fingerprint density at radius 3 is 3.17 bits per heavy atom. The third-order valence-corrected chi connectivity index (χ3v) is 2.92. The molecule has 1 fully saturated rings. The molecule has 0 aromatic carbocycles. The third kappa shape index (κ3) is 1.13. The second-order valence-electron chi connectivity index (χ2n) is 3.86. The Hall–Kier alpha value is -0.850. The molecule has 0 aromatic rings. The van der Waals surface area contributed by atoms with E-state index in [1.54, 1.807) is 0 Å². The third-order valence-electron chi connectivity index (χ3n) is 2.92. The summed E-state index contributed by atoms with van der Waals surface area (Å²) in [6, 6.07) is 0. The molecule has 64 valence electrons. The lowest BCUT2D eigenvalue weighted by Gasteiger charge is -2.18. The van der Waals surface area contributed by atoms with E-state index in [1.807, 2.05) is 0 Å². The number of carbonyl (C=O) groups is 1. The zero-order valence-electron chi connectivity index (χ0n) is 7.47. The summed E-state index contributed by atoms with van der Waals surface area (Å²) in [7, 11) is 0. The number of rotatable bonds is 1. The summed E-state index contributed by atoms with van der Waals surface area (Å²) in [5.74, 6) is 0.610. The predicted octanol–water partition coefficient (Wildman–Crippen LogP) is 2.63. The van der Waals surface area contributed by atoms with E-state index in [0.29, 0.717) is 5.92 Å². The number of hydrogen-bond acceptors (Lipinski definition) is 1. The van der Waals surface area contributed by atoms with Crippen molar-refractivity contribution in [2.45, 2.75) is 32.6 Å². The van der Waals surface area contributed by atoms with Crippen molar-refractivity contribution in [3.8, 4) is 0 Å². The molecule has 2 aliphatic rings. The van der Waals surface area contributed by atoms with Gasteiger partial charge in [-0.15, -0.1) is 0 Å². The van der Waals surface area contributed by atoms with Gasteiger partial charge in [0.05, 0.1) is 0 Å². The van der Waals surface area contributed by atoms with Gasteiger partial charge in [-0.05, 0) is 44.1 Å². The van der Waals surface area contributed by atoms with Crippen LogP contribution in [0.4, 0.5) is 0 Å². The van der Waals surface area contributed by atoms with E-state index in [1.165, 1.54) is 24.0 Å². The minimum atomic E-state index is 0.610. The van der Waals surface area contributed by atoms with E-state index >= 15 is 0 Å². The second kappa shape index (κ2) is 2.89. The number of fused-ring (bicyclic) bond motifs is 1. The van der Waals surface area contributed by atoms with Crippen molar-refractivity contribution in [3.05, 3.63) is 22.8 Å². The summed E-state index contributed by atoms with van der Waals surface area (Å²) in [6.07, 6.45) is 7.97. The molecule has 0 aromatic heterocycles. The molecule has 1 atom stereocenters. The maximum absolute atomic E-state index is 10.8. The maximum atomic E-state index is 10.8.